The van der Waals surface area contributed by atoms with Gasteiger partial charge in [-0.15, -0.1) is 0 Å². The Hall–Kier alpha value is -7.42. The first-order valence-electron chi connectivity index (χ1n) is 21.0. The second kappa shape index (κ2) is 12.1. The van der Waals surface area contributed by atoms with Crippen molar-refractivity contribution < 1.29 is 4.42 Å². The number of hydrogen-bond donors (Lipinski definition) is 0. The molecule has 1 atom stereocenters. The molecule has 1 spiro atoms. The second-order valence-corrected chi connectivity index (χ2v) is 17.1. The summed E-state index contributed by atoms with van der Waals surface area (Å²) in [5, 5.41) is 2.23. The Kier molecular flexibility index (Phi) is 6.74. The van der Waals surface area contributed by atoms with E-state index in [2.05, 4.69) is 213 Å². The first-order valence-corrected chi connectivity index (χ1v) is 21.0. The molecule has 0 saturated carbocycles. The normalized spacial score (nSPS) is 16.0. The summed E-state index contributed by atoms with van der Waals surface area (Å²) in [6.07, 6.45) is 0. The van der Waals surface area contributed by atoms with Crippen molar-refractivity contribution in [2.24, 2.45) is 0 Å². The largest absolute Gasteiger partial charge is 0.456 e. The van der Waals surface area contributed by atoms with E-state index in [1.165, 1.54) is 77.9 Å². The van der Waals surface area contributed by atoms with E-state index in [1.54, 1.807) is 0 Å². The van der Waals surface area contributed by atoms with Crippen molar-refractivity contribution in [1.29, 1.82) is 0 Å². The molecule has 282 valence electrons. The van der Waals surface area contributed by atoms with Crippen molar-refractivity contribution in [2.75, 3.05) is 4.90 Å². The second-order valence-electron chi connectivity index (χ2n) is 17.1. The lowest BCUT2D eigenvalue weighted by Gasteiger charge is -2.36. The highest BCUT2D eigenvalue weighted by Crippen LogP contribution is 2.66. The van der Waals surface area contributed by atoms with Gasteiger partial charge in [0.2, 0.25) is 0 Å². The zero-order valence-electron chi connectivity index (χ0n) is 33.4. The summed E-state index contributed by atoms with van der Waals surface area (Å²) in [7, 11) is 0. The van der Waals surface area contributed by atoms with E-state index in [0.29, 0.717) is 0 Å². The third kappa shape index (κ3) is 4.27. The third-order valence-corrected chi connectivity index (χ3v) is 13.9. The maximum atomic E-state index is 6.42. The molecule has 0 aliphatic heterocycles. The minimum Gasteiger partial charge on any atom is -0.456 e. The van der Waals surface area contributed by atoms with E-state index in [4.69, 9.17) is 4.42 Å². The van der Waals surface area contributed by atoms with Crippen LogP contribution in [0.4, 0.5) is 17.1 Å². The van der Waals surface area contributed by atoms with Crippen molar-refractivity contribution in [2.45, 2.75) is 24.7 Å². The van der Waals surface area contributed by atoms with E-state index < -0.39 is 5.41 Å². The molecule has 1 aromatic heterocycles. The molecule has 10 aromatic rings. The Morgan fingerprint density at radius 2 is 0.950 bits per heavy atom. The molecule has 9 aromatic carbocycles. The van der Waals surface area contributed by atoms with Gasteiger partial charge in [0.15, 0.2) is 0 Å². The van der Waals surface area contributed by atoms with E-state index in [9.17, 15) is 0 Å². The SMILES string of the molecule is CC1(C)c2ccccc2-c2ccc(N(c3ccc4oc5ccccc5c4c3)c3cccc4c3C3(c5ccccc5-4)c4ccccc4-c4c(-c5ccccc5)cccc43)cc21. The molecular formula is C58H39NO. The van der Waals surface area contributed by atoms with Crippen LogP contribution >= 0.6 is 0 Å². The zero-order valence-corrected chi connectivity index (χ0v) is 33.4. The Labute approximate surface area is 349 Å². The van der Waals surface area contributed by atoms with Crippen LogP contribution in [-0.2, 0) is 10.8 Å². The van der Waals surface area contributed by atoms with Crippen LogP contribution in [0, 0.1) is 0 Å². The molecule has 0 fully saturated rings. The first kappa shape index (κ1) is 33.5. The van der Waals surface area contributed by atoms with Gasteiger partial charge in [0.1, 0.15) is 11.2 Å². The summed E-state index contributed by atoms with van der Waals surface area (Å²) in [5.74, 6) is 0. The highest BCUT2D eigenvalue weighted by molar-refractivity contribution is 6.08. The molecule has 0 radical (unpaired) electrons. The van der Waals surface area contributed by atoms with Crippen molar-refractivity contribution in [3.63, 3.8) is 0 Å². The molecule has 0 amide bonds. The lowest BCUT2D eigenvalue weighted by molar-refractivity contribution is 0.660. The smallest absolute Gasteiger partial charge is 0.135 e. The molecule has 0 bridgehead atoms. The van der Waals surface area contributed by atoms with Crippen molar-refractivity contribution in [1.82, 2.24) is 0 Å². The molecule has 13 rings (SSSR count). The number of furan rings is 1. The summed E-state index contributed by atoms with van der Waals surface area (Å²) in [4.78, 5) is 2.54. The highest BCUT2D eigenvalue weighted by atomic mass is 16.3. The number of hydrogen-bond acceptors (Lipinski definition) is 2. The minimum absolute atomic E-state index is 0.161. The summed E-state index contributed by atoms with van der Waals surface area (Å²) in [5.41, 5.74) is 22.7. The standard InChI is InChI=1S/C58H39NO/c1-57(2)47-24-10-6-18-40(47)42-32-30-38(35-51(42)57)59(37-31-33-54-46(34-37)43-20-9-13-29-53(43)60-54)52-28-15-23-44-41-19-7-11-25-48(41)58(56(44)52)49-26-12-8-21-45(49)55-39(22-14-27-50(55)58)36-16-4-3-5-17-36/h3-35H,1-2H3. The van der Waals surface area contributed by atoms with Crippen LogP contribution in [0.25, 0.3) is 66.4 Å². The van der Waals surface area contributed by atoms with Crippen molar-refractivity contribution >= 4 is 39.0 Å². The average molecular weight is 766 g/mol. The number of anilines is 3. The van der Waals surface area contributed by atoms with Crippen LogP contribution in [0.5, 0.6) is 0 Å². The van der Waals surface area contributed by atoms with Gasteiger partial charge < -0.3 is 9.32 Å². The number of rotatable bonds is 4. The van der Waals surface area contributed by atoms with E-state index >= 15 is 0 Å². The van der Waals surface area contributed by atoms with Gasteiger partial charge in [0.25, 0.3) is 0 Å². The van der Waals surface area contributed by atoms with Gasteiger partial charge in [-0.25, -0.2) is 0 Å². The van der Waals surface area contributed by atoms with E-state index in [0.717, 1.165) is 39.0 Å². The predicted octanol–water partition coefficient (Wildman–Crippen LogP) is 15.4. The third-order valence-electron chi connectivity index (χ3n) is 13.9. The first-order chi connectivity index (χ1) is 29.5. The number of nitrogens with zero attached hydrogens (tertiary/aromatic N) is 1. The van der Waals surface area contributed by atoms with Crippen LogP contribution in [0.3, 0.4) is 0 Å². The van der Waals surface area contributed by atoms with Crippen molar-refractivity contribution in [3.05, 3.63) is 234 Å². The lowest BCUT2D eigenvalue weighted by atomic mass is 9.69. The van der Waals surface area contributed by atoms with Crippen LogP contribution in [0.1, 0.15) is 47.2 Å². The predicted molar refractivity (Wildman–Crippen MR) is 248 cm³/mol. The summed E-state index contributed by atoms with van der Waals surface area (Å²) in [6.45, 7) is 4.75. The number of benzene rings is 9. The Bertz CT molecular complexity index is 3420. The average Bonchev–Trinajstić information content (AvgIpc) is 3.99. The fourth-order valence-electron chi connectivity index (χ4n) is 11.4. The van der Waals surface area contributed by atoms with Gasteiger partial charge in [-0.05, 0) is 115 Å². The molecule has 1 heterocycles. The number of fused-ring (bicyclic) bond motifs is 16. The monoisotopic (exact) mass is 765 g/mol. The molecule has 3 aliphatic carbocycles. The van der Waals surface area contributed by atoms with Crippen LogP contribution in [0.15, 0.2) is 205 Å². The Morgan fingerprint density at radius 1 is 0.383 bits per heavy atom. The van der Waals surface area contributed by atoms with Crippen molar-refractivity contribution in [3.8, 4) is 44.5 Å². The molecule has 2 heteroatoms. The van der Waals surface area contributed by atoms with Crippen LogP contribution < -0.4 is 4.90 Å². The fraction of sp³-hybridized carbons (Fsp3) is 0.0690. The summed E-state index contributed by atoms with van der Waals surface area (Å²) >= 11 is 0. The maximum Gasteiger partial charge on any atom is 0.135 e. The molecule has 2 nitrogen and oxygen atoms in total. The topological polar surface area (TPSA) is 16.4 Å². The molecule has 0 N–H and O–H groups in total. The molecule has 1 unspecified atom stereocenters. The Balaban J connectivity index is 1.14. The van der Waals surface area contributed by atoms with Gasteiger partial charge in [-0.1, -0.05) is 172 Å². The van der Waals surface area contributed by atoms with Crippen LogP contribution in [-0.4, -0.2) is 0 Å². The molecular weight excluding hydrogens is 727 g/mol. The van der Waals surface area contributed by atoms with E-state index in [1.807, 2.05) is 6.07 Å². The molecule has 0 saturated heterocycles. The Morgan fingerprint density at radius 3 is 1.78 bits per heavy atom. The van der Waals surface area contributed by atoms with Gasteiger partial charge in [-0.2, -0.15) is 0 Å². The summed E-state index contributed by atoms with van der Waals surface area (Å²) in [6, 6.07) is 74.4. The highest BCUT2D eigenvalue weighted by Gasteiger charge is 2.54. The van der Waals surface area contributed by atoms with Gasteiger partial charge >= 0.3 is 0 Å². The fourth-order valence-corrected chi connectivity index (χ4v) is 11.4. The van der Waals surface area contributed by atoms with E-state index in [-0.39, 0.29) is 5.41 Å². The summed E-state index contributed by atoms with van der Waals surface area (Å²) < 4.78 is 6.42. The zero-order chi connectivity index (χ0) is 39.7. The minimum atomic E-state index is -0.573. The lowest BCUT2D eigenvalue weighted by Crippen LogP contribution is -2.28. The van der Waals surface area contributed by atoms with Gasteiger partial charge in [-0.3, -0.25) is 0 Å². The maximum absolute atomic E-state index is 6.42. The van der Waals surface area contributed by atoms with Gasteiger partial charge in [0, 0.05) is 33.1 Å². The van der Waals surface area contributed by atoms with Gasteiger partial charge in [0.05, 0.1) is 11.1 Å². The quantitative estimate of drug-likeness (QED) is 0.177. The van der Waals surface area contributed by atoms with Crippen LogP contribution in [0.2, 0.25) is 0 Å². The molecule has 60 heavy (non-hydrogen) atoms. The molecule has 3 aliphatic rings. The number of para-hydroxylation sites is 1.